The fourth-order valence-electron chi connectivity index (χ4n) is 5.93. The van der Waals surface area contributed by atoms with Crippen LogP contribution in [0.15, 0.2) is 83.8 Å². The number of allylic oxidation sites excluding steroid dienone is 2. The second-order valence-electron chi connectivity index (χ2n) is 11.5. The fourth-order valence-corrected chi connectivity index (χ4v) is 12.3. The van der Waals surface area contributed by atoms with Gasteiger partial charge in [-0.25, -0.2) is 9.97 Å². The molecule has 7 heterocycles. The minimum absolute atomic E-state index is 0.416. The molecular weight excluding hydrogens is 763 g/mol. The van der Waals surface area contributed by atoms with Gasteiger partial charge in [-0.05, 0) is 84.1 Å². The highest BCUT2D eigenvalue weighted by molar-refractivity contribution is 8.08. The number of hydrogen-bond donors (Lipinski definition) is 1. The third-order valence-electron chi connectivity index (χ3n) is 8.31. The average molecular weight is 788 g/mol. The zero-order valence-corrected chi connectivity index (χ0v) is 32.8. The molecule has 248 valence electrons. The van der Waals surface area contributed by atoms with Crippen molar-refractivity contribution in [3.63, 3.8) is 0 Å². The van der Waals surface area contributed by atoms with Crippen molar-refractivity contribution >= 4 is 113 Å². The first-order valence-electron chi connectivity index (χ1n) is 15.6. The van der Waals surface area contributed by atoms with Crippen molar-refractivity contribution in [3.05, 3.63) is 114 Å². The summed E-state index contributed by atoms with van der Waals surface area (Å²) in [5.74, 6) is 0.975. The third kappa shape index (κ3) is 6.50. The van der Waals surface area contributed by atoms with Crippen LogP contribution in [0.1, 0.15) is 33.6 Å². The Labute approximate surface area is 323 Å². The lowest BCUT2D eigenvalue weighted by molar-refractivity contribution is 1.37. The van der Waals surface area contributed by atoms with Crippen LogP contribution in [0.2, 0.25) is 0 Å². The minimum Gasteiger partial charge on any atom is -0.396 e. The molecular formula is C39H25N5S7. The monoisotopic (exact) mass is 787 g/mol. The van der Waals surface area contributed by atoms with Crippen molar-refractivity contribution < 1.29 is 0 Å². The van der Waals surface area contributed by atoms with E-state index in [0.29, 0.717) is 21.9 Å². The highest BCUT2D eigenvalue weighted by atomic mass is 32.2. The normalized spacial score (nSPS) is 13.5. The lowest BCUT2D eigenvalue weighted by Gasteiger charge is -2.16. The summed E-state index contributed by atoms with van der Waals surface area (Å²) >= 11 is 11.7. The molecule has 0 spiro atoms. The predicted octanol–water partition coefficient (Wildman–Crippen LogP) is 11.0. The molecule has 5 nitrogen and oxygen atoms in total. The Bertz CT molecular complexity index is 2700. The van der Waals surface area contributed by atoms with Gasteiger partial charge in [0.05, 0.1) is 16.1 Å². The lowest BCUT2D eigenvalue weighted by atomic mass is 9.99. The first-order chi connectivity index (χ1) is 24.9. The smallest absolute Gasteiger partial charge is 0.136 e. The highest BCUT2D eigenvalue weighted by Gasteiger charge is 2.19. The molecule has 12 heteroatoms. The Morgan fingerprint density at radius 1 is 0.686 bits per heavy atom. The zero-order chi connectivity index (χ0) is 35.1. The molecule has 7 aromatic rings. The summed E-state index contributed by atoms with van der Waals surface area (Å²) in [5.41, 5.74) is 11.9. The summed E-state index contributed by atoms with van der Waals surface area (Å²) in [5, 5.41) is 27.3. The number of thiophene rings is 4. The molecule has 0 bridgehead atoms. The highest BCUT2D eigenvalue weighted by Crippen LogP contribution is 2.41. The summed E-state index contributed by atoms with van der Waals surface area (Å²) in [4.78, 5) is 19.0. The maximum atomic E-state index is 9.80. The Hall–Kier alpha value is -4.37. The summed E-state index contributed by atoms with van der Waals surface area (Å²) in [7, 11) is 0. The van der Waals surface area contributed by atoms with E-state index in [9.17, 15) is 10.5 Å². The number of nitrogens with two attached hydrogens (primary N) is 1. The number of thiazole rings is 2. The predicted molar refractivity (Wildman–Crippen MR) is 224 cm³/mol. The van der Waals surface area contributed by atoms with Crippen LogP contribution < -0.4 is 16.2 Å². The van der Waals surface area contributed by atoms with Crippen LogP contribution in [0.3, 0.4) is 0 Å². The van der Waals surface area contributed by atoms with Gasteiger partial charge in [0.2, 0.25) is 0 Å². The number of fused-ring (bicyclic) bond motifs is 1. The number of rotatable bonds is 8. The van der Waals surface area contributed by atoms with E-state index in [0.717, 1.165) is 25.4 Å². The topological polar surface area (TPSA) is 99.4 Å². The first-order valence-corrected chi connectivity index (χ1v) is 21.6. The number of hydrogen-bond acceptors (Lipinski definition) is 12. The van der Waals surface area contributed by atoms with Crippen LogP contribution in [0, 0.1) is 22.7 Å². The largest absolute Gasteiger partial charge is 0.396 e. The molecule has 6 aromatic heterocycles. The summed E-state index contributed by atoms with van der Waals surface area (Å²) in [6.45, 7) is 4.51. The Balaban J connectivity index is 1.12. The van der Waals surface area contributed by atoms with E-state index in [4.69, 9.17) is 5.73 Å². The van der Waals surface area contributed by atoms with Crippen molar-refractivity contribution in [3.8, 4) is 52.5 Å². The first kappa shape index (κ1) is 33.8. The van der Waals surface area contributed by atoms with Gasteiger partial charge in [0.25, 0.3) is 0 Å². The van der Waals surface area contributed by atoms with Crippen molar-refractivity contribution in [2.45, 2.75) is 13.8 Å². The second-order valence-corrected chi connectivity index (χ2v) is 18.8. The third-order valence-corrected chi connectivity index (χ3v) is 15.9. The van der Waals surface area contributed by atoms with Gasteiger partial charge in [-0.1, -0.05) is 17.7 Å². The minimum atomic E-state index is 0.416. The van der Waals surface area contributed by atoms with Crippen LogP contribution in [0.25, 0.3) is 73.8 Å². The number of thioether (sulfide) groups is 1. The van der Waals surface area contributed by atoms with Crippen LogP contribution in [-0.4, -0.2) is 15.7 Å². The maximum absolute atomic E-state index is 9.80. The molecule has 51 heavy (non-hydrogen) atoms. The molecule has 0 radical (unpaired) electrons. The molecule has 1 aliphatic heterocycles. The number of benzene rings is 1. The number of nitriles is 2. The average Bonchev–Trinajstić information content (AvgIpc) is 3.99. The van der Waals surface area contributed by atoms with Gasteiger partial charge in [0.15, 0.2) is 0 Å². The van der Waals surface area contributed by atoms with Crippen LogP contribution in [-0.2, 0) is 0 Å². The maximum Gasteiger partial charge on any atom is 0.136 e. The molecule has 1 aliphatic rings. The summed E-state index contributed by atoms with van der Waals surface area (Å²) < 4.78 is 0. The van der Waals surface area contributed by atoms with Gasteiger partial charge in [-0.2, -0.15) is 10.5 Å². The summed E-state index contributed by atoms with van der Waals surface area (Å²) in [6, 6.07) is 26.3. The van der Waals surface area contributed by atoms with Crippen LogP contribution in [0.4, 0.5) is 0 Å². The van der Waals surface area contributed by atoms with E-state index in [2.05, 4.69) is 90.6 Å². The van der Waals surface area contributed by atoms with Gasteiger partial charge in [0.1, 0.15) is 27.7 Å². The van der Waals surface area contributed by atoms with Crippen molar-refractivity contribution in [2.75, 3.05) is 5.75 Å². The Kier molecular flexibility index (Phi) is 9.49. The quantitative estimate of drug-likeness (QED) is 0.154. The van der Waals surface area contributed by atoms with Gasteiger partial charge in [-0.3, -0.25) is 0 Å². The standard InChI is InChI=1S/C39H25N5S7/c1-21-20-47-22(2)36-26(29-8-10-32(50-29)33-11-12-34(51-33)37(42)27(19-41)39-44-14-16-46-39)5-4-25(35(21)36)28-7-9-31(49-28)30-6-3-24(48-30)17-23(18-40)38-43-13-15-45-38/h3-17H,20,42H2,1-2H3. The molecule has 0 amide bonds. The van der Waals surface area contributed by atoms with E-state index in [1.165, 1.54) is 79.1 Å². The molecule has 0 atom stereocenters. The van der Waals surface area contributed by atoms with Gasteiger partial charge in [0, 0.05) is 73.8 Å². The Morgan fingerprint density at radius 3 is 1.92 bits per heavy atom. The van der Waals surface area contributed by atoms with E-state index < -0.39 is 0 Å². The molecule has 0 saturated carbocycles. The number of nitrogens with zero attached hydrogens (tertiary/aromatic N) is 4. The Morgan fingerprint density at radius 2 is 1.27 bits per heavy atom. The molecule has 0 unspecified atom stereocenters. The molecule has 1 aromatic carbocycles. The SMILES string of the molecule is CC1=c2c(-c3ccc(-c4ccc(C=C(C#N)c5nccs5)s4)s3)ccc(-c3ccc(-c4ccc(C(N)=C(C#N)c5nccs5)s4)s3)c2=C(C)SC1. The molecule has 0 aliphatic carbocycles. The van der Waals surface area contributed by atoms with E-state index in [-0.39, 0.29) is 0 Å². The van der Waals surface area contributed by atoms with Crippen molar-refractivity contribution in [2.24, 2.45) is 5.73 Å². The second kappa shape index (κ2) is 14.3. The van der Waals surface area contributed by atoms with Crippen LogP contribution in [0.5, 0.6) is 0 Å². The van der Waals surface area contributed by atoms with Crippen LogP contribution >= 0.6 is 79.8 Å². The van der Waals surface area contributed by atoms with Gasteiger partial charge in [-0.15, -0.1) is 79.8 Å². The molecule has 2 N–H and O–H groups in total. The van der Waals surface area contributed by atoms with Crippen molar-refractivity contribution in [1.29, 1.82) is 10.5 Å². The van der Waals surface area contributed by atoms with E-state index >= 15 is 0 Å². The number of aromatic nitrogens is 2. The molecule has 0 fully saturated rings. The lowest BCUT2D eigenvalue weighted by Crippen LogP contribution is -2.34. The van der Waals surface area contributed by atoms with Gasteiger partial charge >= 0.3 is 0 Å². The fraction of sp³-hybridized carbons (Fsp3) is 0.0769. The van der Waals surface area contributed by atoms with E-state index in [1.54, 1.807) is 46.4 Å². The molecule has 8 rings (SSSR count). The van der Waals surface area contributed by atoms with Crippen molar-refractivity contribution in [1.82, 2.24) is 9.97 Å². The zero-order valence-electron chi connectivity index (χ0n) is 27.1. The van der Waals surface area contributed by atoms with E-state index in [1.807, 2.05) is 46.0 Å². The van der Waals surface area contributed by atoms with Gasteiger partial charge < -0.3 is 5.73 Å². The summed E-state index contributed by atoms with van der Waals surface area (Å²) in [6.07, 6.45) is 5.35. The molecule has 0 saturated heterocycles.